The molecule has 0 aliphatic carbocycles. The van der Waals surface area contributed by atoms with Crippen molar-refractivity contribution in [3.63, 3.8) is 0 Å². The fourth-order valence-electron chi connectivity index (χ4n) is 2.80. The van der Waals surface area contributed by atoms with Gasteiger partial charge in [-0.1, -0.05) is 35.0 Å². The van der Waals surface area contributed by atoms with Crippen molar-refractivity contribution < 1.29 is 14.7 Å². The number of piperidine rings is 1. The number of nitrogens with one attached hydrogen (secondary N) is 1. The van der Waals surface area contributed by atoms with Gasteiger partial charge in [-0.25, -0.2) is 4.79 Å². The van der Waals surface area contributed by atoms with Gasteiger partial charge in [-0.15, -0.1) is 0 Å². The highest BCUT2D eigenvalue weighted by Crippen LogP contribution is 2.22. The molecule has 2 unspecified atom stereocenters. The third kappa shape index (κ3) is 4.22. The lowest BCUT2D eigenvalue weighted by Gasteiger charge is -2.34. The molecule has 0 saturated carbocycles. The Hall–Kier alpha value is -1.56. The van der Waals surface area contributed by atoms with E-state index >= 15 is 0 Å². The molecule has 0 spiro atoms. The van der Waals surface area contributed by atoms with Crippen LogP contribution in [0.15, 0.2) is 22.7 Å². The van der Waals surface area contributed by atoms with Crippen molar-refractivity contribution in [2.45, 2.75) is 26.8 Å². The van der Waals surface area contributed by atoms with Crippen molar-refractivity contribution in [3.8, 4) is 0 Å². The van der Waals surface area contributed by atoms with E-state index in [-0.39, 0.29) is 18.5 Å². The first-order valence-corrected chi connectivity index (χ1v) is 8.16. The highest BCUT2D eigenvalue weighted by atomic mass is 79.9. The monoisotopic (exact) mass is 368 g/mol. The lowest BCUT2D eigenvalue weighted by atomic mass is 9.91. The van der Waals surface area contributed by atoms with Crippen molar-refractivity contribution in [2.75, 3.05) is 13.1 Å². The molecule has 1 aromatic carbocycles. The molecule has 22 heavy (non-hydrogen) atoms. The van der Waals surface area contributed by atoms with Crippen molar-refractivity contribution in [3.05, 3.63) is 33.8 Å². The maximum Gasteiger partial charge on any atom is 0.317 e. The summed E-state index contributed by atoms with van der Waals surface area (Å²) in [6, 6.07) is 5.73. The Morgan fingerprint density at radius 1 is 1.41 bits per heavy atom. The van der Waals surface area contributed by atoms with E-state index in [0.717, 1.165) is 15.6 Å². The van der Waals surface area contributed by atoms with Gasteiger partial charge in [0.2, 0.25) is 0 Å². The van der Waals surface area contributed by atoms with Crippen LogP contribution in [0.1, 0.15) is 24.5 Å². The van der Waals surface area contributed by atoms with Crippen LogP contribution < -0.4 is 5.32 Å². The van der Waals surface area contributed by atoms with Gasteiger partial charge in [-0.3, -0.25) is 4.79 Å². The number of urea groups is 1. The lowest BCUT2D eigenvalue weighted by Crippen LogP contribution is -2.49. The molecule has 1 aromatic rings. The van der Waals surface area contributed by atoms with Crippen LogP contribution in [0.5, 0.6) is 0 Å². The zero-order valence-corrected chi connectivity index (χ0v) is 14.4. The maximum atomic E-state index is 12.2. The molecule has 2 atom stereocenters. The number of carbonyl (C=O) groups excluding carboxylic acids is 1. The summed E-state index contributed by atoms with van der Waals surface area (Å²) >= 11 is 3.45. The standard InChI is InChI=1S/C16H21BrN2O3/c1-10-5-13(15(20)21)9-19(8-10)16(22)18-7-12-3-4-14(17)11(2)6-12/h3-4,6,10,13H,5,7-9H2,1-2H3,(H,18,22)(H,20,21). The molecule has 1 aliphatic rings. The van der Waals surface area contributed by atoms with E-state index in [1.54, 1.807) is 4.90 Å². The van der Waals surface area contributed by atoms with Gasteiger partial charge in [-0.2, -0.15) is 0 Å². The number of rotatable bonds is 3. The smallest absolute Gasteiger partial charge is 0.317 e. The number of carbonyl (C=O) groups is 2. The predicted molar refractivity (Wildman–Crippen MR) is 87.6 cm³/mol. The molecule has 120 valence electrons. The number of aliphatic carboxylic acids is 1. The zero-order valence-electron chi connectivity index (χ0n) is 12.8. The first kappa shape index (κ1) is 16.8. The third-order valence-electron chi connectivity index (χ3n) is 3.96. The second-order valence-corrected chi connectivity index (χ2v) is 6.88. The Kier molecular flexibility index (Phi) is 5.45. The summed E-state index contributed by atoms with van der Waals surface area (Å²) in [5, 5.41) is 12.0. The summed E-state index contributed by atoms with van der Waals surface area (Å²) in [7, 11) is 0. The first-order valence-electron chi connectivity index (χ1n) is 7.37. The van der Waals surface area contributed by atoms with Crippen LogP contribution in [-0.4, -0.2) is 35.1 Å². The maximum absolute atomic E-state index is 12.2. The number of likely N-dealkylation sites (tertiary alicyclic amines) is 1. The van der Waals surface area contributed by atoms with Gasteiger partial charge >= 0.3 is 12.0 Å². The highest BCUT2D eigenvalue weighted by Gasteiger charge is 2.31. The summed E-state index contributed by atoms with van der Waals surface area (Å²) in [4.78, 5) is 25.0. The Balaban J connectivity index is 1.93. The molecular formula is C16H21BrN2O3. The van der Waals surface area contributed by atoms with Crippen molar-refractivity contribution in [1.29, 1.82) is 0 Å². The van der Waals surface area contributed by atoms with E-state index in [1.807, 2.05) is 32.0 Å². The van der Waals surface area contributed by atoms with Crippen LogP contribution >= 0.6 is 15.9 Å². The van der Waals surface area contributed by atoms with Crippen molar-refractivity contribution >= 4 is 27.9 Å². The van der Waals surface area contributed by atoms with Gasteiger partial charge in [0.25, 0.3) is 0 Å². The number of hydrogen-bond donors (Lipinski definition) is 2. The van der Waals surface area contributed by atoms with E-state index in [0.29, 0.717) is 19.5 Å². The summed E-state index contributed by atoms with van der Waals surface area (Å²) in [6.07, 6.45) is 0.630. The Morgan fingerprint density at radius 3 is 2.77 bits per heavy atom. The number of carboxylic acids is 1. The fraction of sp³-hybridized carbons (Fsp3) is 0.500. The molecule has 1 heterocycles. The second kappa shape index (κ2) is 7.13. The number of hydrogen-bond acceptors (Lipinski definition) is 2. The molecule has 2 amide bonds. The molecule has 0 radical (unpaired) electrons. The van der Waals surface area contributed by atoms with E-state index in [9.17, 15) is 9.59 Å². The average molecular weight is 369 g/mol. The number of aryl methyl sites for hydroxylation is 1. The molecule has 0 bridgehead atoms. The third-order valence-corrected chi connectivity index (χ3v) is 4.85. The van der Waals surface area contributed by atoms with Gasteiger partial charge in [0, 0.05) is 24.1 Å². The highest BCUT2D eigenvalue weighted by molar-refractivity contribution is 9.10. The Labute approximate surface area is 138 Å². The van der Waals surface area contributed by atoms with Crippen LogP contribution in [0.25, 0.3) is 0 Å². The fourth-order valence-corrected chi connectivity index (χ4v) is 3.05. The summed E-state index contributed by atoms with van der Waals surface area (Å²) in [6.45, 7) is 5.31. The summed E-state index contributed by atoms with van der Waals surface area (Å²) < 4.78 is 1.04. The predicted octanol–water partition coefficient (Wildman–Crippen LogP) is 3.01. The lowest BCUT2D eigenvalue weighted by molar-refractivity contribution is -0.143. The summed E-state index contributed by atoms with van der Waals surface area (Å²) in [5.41, 5.74) is 2.14. The molecular weight excluding hydrogens is 348 g/mol. The van der Waals surface area contributed by atoms with E-state index in [4.69, 9.17) is 5.11 Å². The molecule has 0 aromatic heterocycles. The number of halogens is 1. The largest absolute Gasteiger partial charge is 0.481 e. The molecule has 1 saturated heterocycles. The van der Waals surface area contributed by atoms with Gasteiger partial charge < -0.3 is 15.3 Å². The van der Waals surface area contributed by atoms with Crippen LogP contribution in [-0.2, 0) is 11.3 Å². The molecule has 6 heteroatoms. The summed E-state index contributed by atoms with van der Waals surface area (Å²) in [5.74, 6) is -1.09. The zero-order chi connectivity index (χ0) is 16.3. The molecule has 1 aliphatic heterocycles. The Morgan fingerprint density at radius 2 is 2.14 bits per heavy atom. The van der Waals surface area contributed by atoms with Crippen LogP contribution in [0.3, 0.4) is 0 Å². The van der Waals surface area contributed by atoms with E-state index < -0.39 is 11.9 Å². The normalized spacial score (nSPS) is 21.5. The van der Waals surface area contributed by atoms with Crippen molar-refractivity contribution in [2.24, 2.45) is 11.8 Å². The van der Waals surface area contributed by atoms with Crippen LogP contribution in [0.4, 0.5) is 4.79 Å². The van der Waals surface area contributed by atoms with E-state index in [1.165, 1.54) is 0 Å². The van der Waals surface area contributed by atoms with E-state index in [2.05, 4.69) is 21.2 Å². The minimum atomic E-state index is -0.826. The minimum Gasteiger partial charge on any atom is -0.481 e. The SMILES string of the molecule is Cc1cc(CNC(=O)N2CC(C)CC(C(=O)O)C2)ccc1Br. The average Bonchev–Trinajstić information content (AvgIpc) is 2.47. The molecule has 5 nitrogen and oxygen atoms in total. The topological polar surface area (TPSA) is 69.6 Å². The van der Waals surface area contributed by atoms with Gasteiger partial charge in [0.15, 0.2) is 0 Å². The van der Waals surface area contributed by atoms with Gasteiger partial charge in [0.1, 0.15) is 0 Å². The quantitative estimate of drug-likeness (QED) is 0.861. The molecule has 2 N–H and O–H groups in total. The number of benzene rings is 1. The van der Waals surface area contributed by atoms with Crippen molar-refractivity contribution in [1.82, 2.24) is 10.2 Å². The molecule has 1 fully saturated rings. The number of carboxylic acid groups (broad SMARTS) is 1. The van der Waals surface area contributed by atoms with Gasteiger partial charge in [0.05, 0.1) is 5.92 Å². The number of nitrogens with zero attached hydrogens (tertiary/aromatic N) is 1. The molecule has 2 rings (SSSR count). The first-order chi connectivity index (χ1) is 10.4. The minimum absolute atomic E-state index is 0.196. The van der Waals surface area contributed by atoms with Crippen LogP contribution in [0, 0.1) is 18.8 Å². The number of amides is 2. The van der Waals surface area contributed by atoms with Gasteiger partial charge in [-0.05, 0) is 36.5 Å². The van der Waals surface area contributed by atoms with Crippen LogP contribution in [0.2, 0.25) is 0 Å². The Bertz CT molecular complexity index is 577. The second-order valence-electron chi connectivity index (χ2n) is 6.02.